The minimum Gasteiger partial charge on any atom is -0.444 e. The Labute approximate surface area is 162 Å². The summed E-state index contributed by atoms with van der Waals surface area (Å²) in [5.74, 6) is -0.321. The van der Waals surface area contributed by atoms with Gasteiger partial charge in [-0.3, -0.25) is 24.3 Å². The van der Waals surface area contributed by atoms with E-state index in [9.17, 15) is 19.2 Å². The molecule has 1 aromatic rings. The summed E-state index contributed by atoms with van der Waals surface area (Å²) in [6, 6.07) is 0.656. The van der Waals surface area contributed by atoms with Crippen molar-refractivity contribution in [2.24, 2.45) is 0 Å². The standard InChI is InChI=1S/C18H25N5O5/c1-18(2,3)28-17(27)22-8-6-21(7-9-22)13-10-15(25)23(11-19-13)12-4-5-14(24)20-16(12)26/h10-12H,4-9H2,1-3H3,(H,20,24,26). The number of imide groups is 1. The zero-order chi connectivity index (χ0) is 20.5. The molecule has 2 aliphatic rings. The van der Waals surface area contributed by atoms with Gasteiger partial charge in [0.05, 0.1) is 0 Å². The average Bonchev–Trinajstić information content (AvgIpc) is 2.61. The van der Waals surface area contributed by atoms with Crippen molar-refractivity contribution in [3.63, 3.8) is 0 Å². The van der Waals surface area contributed by atoms with E-state index in [0.29, 0.717) is 32.0 Å². The van der Waals surface area contributed by atoms with Gasteiger partial charge in [0, 0.05) is 38.7 Å². The van der Waals surface area contributed by atoms with Crippen LogP contribution in [-0.4, -0.2) is 64.1 Å². The van der Waals surface area contributed by atoms with Crippen LogP contribution in [0, 0.1) is 0 Å². The van der Waals surface area contributed by atoms with E-state index in [2.05, 4.69) is 10.3 Å². The summed E-state index contributed by atoms with van der Waals surface area (Å²) in [6.45, 7) is 7.44. The van der Waals surface area contributed by atoms with Crippen LogP contribution < -0.4 is 15.8 Å². The van der Waals surface area contributed by atoms with Gasteiger partial charge in [-0.1, -0.05) is 0 Å². The molecule has 2 fully saturated rings. The predicted molar refractivity (Wildman–Crippen MR) is 99.9 cm³/mol. The third kappa shape index (κ3) is 4.49. The van der Waals surface area contributed by atoms with Crippen LogP contribution in [0.4, 0.5) is 10.6 Å². The van der Waals surface area contributed by atoms with Gasteiger partial charge < -0.3 is 14.5 Å². The largest absolute Gasteiger partial charge is 0.444 e. The number of aromatic nitrogens is 2. The highest BCUT2D eigenvalue weighted by Gasteiger charge is 2.30. The van der Waals surface area contributed by atoms with E-state index < -0.39 is 17.6 Å². The van der Waals surface area contributed by atoms with E-state index in [4.69, 9.17) is 4.74 Å². The van der Waals surface area contributed by atoms with E-state index in [1.54, 1.807) is 4.90 Å². The lowest BCUT2D eigenvalue weighted by molar-refractivity contribution is -0.135. The van der Waals surface area contributed by atoms with Crippen LogP contribution in [0.1, 0.15) is 39.7 Å². The molecular weight excluding hydrogens is 366 g/mol. The minimum atomic E-state index is -0.726. The lowest BCUT2D eigenvalue weighted by Crippen LogP contribution is -2.50. The number of rotatable bonds is 2. The second-order valence-corrected chi connectivity index (χ2v) is 7.91. The highest BCUT2D eigenvalue weighted by molar-refractivity contribution is 5.99. The maximum absolute atomic E-state index is 12.5. The lowest BCUT2D eigenvalue weighted by Gasteiger charge is -2.36. The van der Waals surface area contributed by atoms with Crippen molar-refractivity contribution < 1.29 is 19.1 Å². The van der Waals surface area contributed by atoms with Crippen LogP contribution in [0.15, 0.2) is 17.2 Å². The summed E-state index contributed by atoms with van der Waals surface area (Å²) in [6.07, 6.45) is 1.46. The van der Waals surface area contributed by atoms with Gasteiger partial charge in [0.25, 0.3) is 5.56 Å². The Balaban J connectivity index is 1.64. The highest BCUT2D eigenvalue weighted by Crippen LogP contribution is 2.18. The number of nitrogens with one attached hydrogen (secondary N) is 1. The monoisotopic (exact) mass is 391 g/mol. The molecule has 1 atom stereocenters. The summed E-state index contributed by atoms with van der Waals surface area (Å²) < 4.78 is 6.63. The van der Waals surface area contributed by atoms with Crippen molar-refractivity contribution in [2.45, 2.75) is 45.3 Å². The van der Waals surface area contributed by atoms with E-state index in [1.807, 2.05) is 25.7 Å². The second kappa shape index (κ2) is 7.61. The number of piperazine rings is 1. The number of nitrogens with zero attached hydrogens (tertiary/aromatic N) is 4. The Hall–Kier alpha value is -2.91. The third-order valence-corrected chi connectivity index (χ3v) is 4.62. The second-order valence-electron chi connectivity index (χ2n) is 7.91. The van der Waals surface area contributed by atoms with E-state index in [-0.39, 0.29) is 30.4 Å². The molecule has 10 heteroatoms. The number of ether oxygens (including phenoxy) is 1. The van der Waals surface area contributed by atoms with Gasteiger partial charge in [0.1, 0.15) is 23.8 Å². The van der Waals surface area contributed by atoms with Gasteiger partial charge >= 0.3 is 6.09 Å². The molecule has 152 valence electrons. The Morgan fingerprint density at radius 3 is 2.43 bits per heavy atom. The summed E-state index contributed by atoms with van der Waals surface area (Å²) >= 11 is 0. The number of piperidine rings is 1. The van der Waals surface area contributed by atoms with Crippen molar-refractivity contribution >= 4 is 23.7 Å². The smallest absolute Gasteiger partial charge is 0.410 e. The molecule has 28 heavy (non-hydrogen) atoms. The van der Waals surface area contributed by atoms with Crippen molar-refractivity contribution in [3.05, 3.63) is 22.7 Å². The molecule has 0 saturated carbocycles. The number of amides is 3. The topological polar surface area (TPSA) is 114 Å². The fraction of sp³-hybridized carbons (Fsp3) is 0.611. The van der Waals surface area contributed by atoms with Crippen molar-refractivity contribution in [1.29, 1.82) is 0 Å². The molecule has 0 spiro atoms. The maximum atomic E-state index is 12.5. The Morgan fingerprint density at radius 1 is 1.18 bits per heavy atom. The molecule has 0 bridgehead atoms. The van der Waals surface area contributed by atoms with Gasteiger partial charge in [0.15, 0.2) is 0 Å². The van der Waals surface area contributed by atoms with Crippen LogP contribution in [0.2, 0.25) is 0 Å². The van der Waals surface area contributed by atoms with E-state index >= 15 is 0 Å². The fourth-order valence-corrected chi connectivity index (χ4v) is 3.20. The molecule has 2 aliphatic heterocycles. The first kappa shape index (κ1) is 19.8. The first-order valence-electron chi connectivity index (χ1n) is 9.29. The minimum absolute atomic E-state index is 0.192. The number of carbonyl (C=O) groups is 3. The van der Waals surface area contributed by atoms with Gasteiger partial charge in [-0.2, -0.15) is 0 Å². The van der Waals surface area contributed by atoms with Crippen LogP contribution in [0.3, 0.4) is 0 Å². The maximum Gasteiger partial charge on any atom is 0.410 e. The van der Waals surface area contributed by atoms with Crippen molar-refractivity contribution in [2.75, 3.05) is 31.1 Å². The molecule has 3 heterocycles. The molecule has 1 aromatic heterocycles. The molecule has 0 aliphatic carbocycles. The normalized spacial score (nSPS) is 20.8. The molecule has 0 radical (unpaired) electrons. The Kier molecular flexibility index (Phi) is 5.39. The zero-order valence-corrected chi connectivity index (χ0v) is 16.3. The first-order valence-corrected chi connectivity index (χ1v) is 9.29. The number of hydrogen-bond acceptors (Lipinski definition) is 7. The Bertz CT molecular complexity index is 836. The van der Waals surface area contributed by atoms with Gasteiger partial charge in [-0.25, -0.2) is 9.78 Å². The summed E-state index contributed by atoms with van der Waals surface area (Å²) in [5, 5.41) is 2.24. The fourth-order valence-electron chi connectivity index (χ4n) is 3.20. The third-order valence-electron chi connectivity index (χ3n) is 4.62. The summed E-state index contributed by atoms with van der Waals surface area (Å²) in [4.78, 5) is 55.7. The highest BCUT2D eigenvalue weighted by atomic mass is 16.6. The van der Waals surface area contributed by atoms with Crippen molar-refractivity contribution in [1.82, 2.24) is 19.8 Å². The Morgan fingerprint density at radius 2 is 1.86 bits per heavy atom. The van der Waals surface area contributed by atoms with Crippen LogP contribution in [0.25, 0.3) is 0 Å². The average molecular weight is 391 g/mol. The number of hydrogen-bond donors (Lipinski definition) is 1. The molecule has 3 rings (SSSR count). The van der Waals surface area contributed by atoms with Gasteiger partial charge in [-0.15, -0.1) is 0 Å². The lowest BCUT2D eigenvalue weighted by atomic mass is 10.1. The molecule has 1 unspecified atom stereocenters. The number of carbonyl (C=O) groups excluding carboxylic acids is 3. The zero-order valence-electron chi connectivity index (χ0n) is 16.3. The van der Waals surface area contributed by atoms with E-state index in [0.717, 1.165) is 0 Å². The molecule has 1 N–H and O–H groups in total. The van der Waals surface area contributed by atoms with Crippen molar-refractivity contribution in [3.8, 4) is 0 Å². The van der Waals surface area contributed by atoms with Gasteiger partial charge in [-0.05, 0) is 27.2 Å². The van der Waals surface area contributed by atoms with E-state index in [1.165, 1.54) is 17.0 Å². The first-order chi connectivity index (χ1) is 13.1. The molecular formula is C18H25N5O5. The van der Waals surface area contributed by atoms with Gasteiger partial charge in [0.2, 0.25) is 11.8 Å². The predicted octanol–water partition coefficient (Wildman–Crippen LogP) is 0.278. The molecule has 2 saturated heterocycles. The molecule has 10 nitrogen and oxygen atoms in total. The van der Waals surface area contributed by atoms with Crippen LogP contribution in [0.5, 0.6) is 0 Å². The SMILES string of the molecule is CC(C)(C)OC(=O)N1CCN(c2cc(=O)n(C3CCC(=O)NC3=O)cn2)CC1. The van der Waals surface area contributed by atoms with Crippen LogP contribution >= 0.6 is 0 Å². The summed E-state index contributed by atoms with van der Waals surface area (Å²) in [5.41, 5.74) is -0.898. The quantitative estimate of drug-likeness (QED) is 0.720. The molecule has 3 amide bonds. The summed E-state index contributed by atoms with van der Waals surface area (Å²) in [7, 11) is 0. The van der Waals surface area contributed by atoms with Crippen LogP contribution in [-0.2, 0) is 14.3 Å². The molecule has 0 aromatic carbocycles. The number of anilines is 1.